The Kier molecular flexibility index (Phi) is 2.42. The van der Waals surface area contributed by atoms with Crippen LogP contribution in [0.2, 0.25) is 0 Å². The number of hydrogen-bond acceptors (Lipinski definition) is 3. The molecule has 0 saturated heterocycles. The molecule has 0 fully saturated rings. The van der Waals surface area contributed by atoms with Crippen LogP contribution in [-0.2, 0) is 0 Å². The number of benzene rings is 1. The zero-order valence-corrected chi connectivity index (χ0v) is 11.2. The van der Waals surface area contributed by atoms with Crippen molar-refractivity contribution in [1.82, 2.24) is 0 Å². The number of thiophene rings is 1. The lowest BCUT2D eigenvalue weighted by atomic mass is 9.79. The van der Waals surface area contributed by atoms with Crippen molar-refractivity contribution in [3.8, 4) is 5.75 Å². The highest BCUT2D eigenvalue weighted by atomic mass is 32.1. The maximum absolute atomic E-state index is 9.71. The Bertz CT molecular complexity index is 632. The van der Waals surface area contributed by atoms with E-state index in [9.17, 15) is 5.11 Å². The van der Waals surface area contributed by atoms with Gasteiger partial charge in [0.1, 0.15) is 5.75 Å². The van der Waals surface area contributed by atoms with E-state index in [0.717, 1.165) is 12.1 Å². The summed E-state index contributed by atoms with van der Waals surface area (Å²) in [7, 11) is 0. The topological polar surface area (TPSA) is 32.3 Å². The predicted octanol–water partition coefficient (Wildman–Crippen LogP) is 4.28. The SMILES string of the molecule is Oc1ccc2c(c1)C1C=CCC1C(c1cccs1)N2. The van der Waals surface area contributed by atoms with Gasteiger partial charge in [-0.15, -0.1) is 11.3 Å². The minimum Gasteiger partial charge on any atom is -0.508 e. The van der Waals surface area contributed by atoms with Crippen LogP contribution in [0.4, 0.5) is 5.69 Å². The van der Waals surface area contributed by atoms with Crippen LogP contribution >= 0.6 is 11.3 Å². The van der Waals surface area contributed by atoms with Crippen LogP contribution in [-0.4, -0.2) is 5.11 Å². The number of phenols is 1. The minimum atomic E-state index is 0.356. The van der Waals surface area contributed by atoms with Crippen molar-refractivity contribution in [2.45, 2.75) is 18.4 Å². The van der Waals surface area contributed by atoms with Gasteiger partial charge in [0.2, 0.25) is 0 Å². The Morgan fingerprint density at radius 3 is 3.05 bits per heavy atom. The largest absolute Gasteiger partial charge is 0.508 e. The highest BCUT2D eigenvalue weighted by molar-refractivity contribution is 7.10. The third-order valence-corrected chi connectivity index (χ3v) is 5.15. The van der Waals surface area contributed by atoms with Gasteiger partial charge in [-0.25, -0.2) is 0 Å². The lowest BCUT2D eigenvalue weighted by Crippen LogP contribution is -2.28. The van der Waals surface area contributed by atoms with Gasteiger partial charge in [-0.3, -0.25) is 0 Å². The second-order valence-electron chi connectivity index (χ2n) is 5.26. The monoisotopic (exact) mass is 269 g/mol. The van der Waals surface area contributed by atoms with Gasteiger partial charge in [0, 0.05) is 16.5 Å². The third-order valence-electron chi connectivity index (χ3n) is 4.20. The number of anilines is 1. The molecular formula is C16H15NOS. The predicted molar refractivity (Wildman–Crippen MR) is 78.8 cm³/mol. The molecule has 1 aliphatic heterocycles. The molecule has 0 spiro atoms. The second kappa shape index (κ2) is 4.14. The van der Waals surface area contributed by atoms with E-state index in [4.69, 9.17) is 0 Å². The summed E-state index contributed by atoms with van der Waals surface area (Å²) in [6, 6.07) is 10.4. The first-order chi connectivity index (χ1) is 9.33. The first-order valence-corrected chi connectivity index (χ1v) is 7.50. The van der Waals surface area contributed by atoms with Gasteiger partial charge < -0.3 is 10.4 Å². The Morgan fingerprint density at radius 2 is 2.21 bits per heavy atom. The first-order valence-electron chi connectivity index (χ1n) is 6.62. The Hall–Kier alpha value is -1.74. The summed E-state index contributed by atoms with van der Waals surface area (Å²) < 4.78 is 0. The normalized spacial score (nSPS) is 27.7. The fraction of sp³-hybridized carbons (Fsp3) is 0.250. The molecule has 2 heterocycles. The molecule has 2 nitrogen and oxygen atoms in total. The van der Waals surface area contributed by atoms with E-state index in [1.54, 1.807) is 6.07 Å². The second-order valence-corrected chi connectivity index (χ2v) is 6.24. The van der Waals surface area contributed by atoms with E-state index in [1.807, 2.05) is 23.5 Å². The fourth-order valence-corrected chi connectivity index (χ4v) is 4.18. The van der Waals surface area contributed by atoms with Crippen molar-refractivity contribution in [3.63, 3.8) is 0 Å². The van der Waals surface area contributed by atoms with Crippen LogP contribution in [0.25, 0.3) is 0 Å². The number of hydrogen-bond donors (Lipinski definition) is 2. The highest BCUT2D eigenvalue weighted by Gasteiger charge is 2.38. The van der Waals surface area contributed by atoms with E-state index in [2.05, 4.69) is 35.0 Å². The number of aromatic hydroxyl groups is 1. The van der Waals surface area contributed by atoms with E-state index >= 15 is 0 Å². The van der Waals surface area contributed by atoms with Gasteiger partial charge in [-0.05, 0) is 47.5 Å². The molecule has 19 heavy (non-hydrogen) atoms. The lowest BCUT2D eigenvalue weighted by molar-refractivity contribution is 0.425. The number of phenolic OH excluding ortho intramolecular Hbond substituents is 1. The van der Waals surface area contributed by atoms with Crippen LogP contribution in [0.3, 0.4) is 0 Å². The van der Waals surface area contributed by atoms with Gasteiger partial charge in [-0.1, -0.05) is 18.2 Å². The summed E-state index contributed by atoms with van der Waals surface area (Å²) >= 11 is 1.82. The molecule has 0 bridgehead atoms. The molecule has 1 aromatic carbocycles. The number of nitrogens with one attached hydrogen (secondary N) is 1. The standard InChI is InChI=1S/C16H15NOS/c18-10-6-7-14-13(9-10)11-3-1-4-12(11)16(17-14)15-5-2-8-19-15/h1-3,5-9,11-12,16-18H,4H2. The van der Waals surface area contributed by atoms with Crippen molar-refractivity contribution < 1.29 is 5.11 Å². The molecular weight excluding hydrogens is 254 g/mol. The van der Waals surface area contributed by atoms with Gasteiger partial charge in [0.15, 0.2) is 0 Å². The number of allylic oxidation sites excluding steroid dienone is 2. The molecule has 3 heteroatoms. The average molecular weight is 269 g/mol. The number of rotatable bonds is 1. The molecule has 2 N–H and O–H groups in total. The Balaban J connectivity index is 1.82. The summed E-state index contributed by atoms with van der Waals surface area (Å²) in [5.41, 5.74) is 2.38. The third kappa shape index (κ3) is 1.69. The van der Waals surface area contributed by atoms with E-state index < -0.39 is 0 Å². The molecule has 1 aromatic heterocycles. The zero-order valence-electron chi connectivity index (χ0n) is 10.4. The molecule has 0 amide bonds. The molecule has 4 rings (SSSR count). The van der Waals surface area contributed by atoms with Gasteiger partial charge in [0.05, 0.1) is 6.04 Å². The summed E-state index contributed by atoms with van der Waals surface area (Å²) in [5, 5.41) is 15.5. The highest BCUT2D eigenvalue weighted by Crippen LogP contribution is 2.50. The van der Waals surface area contributed by atoms with Crippen LogP contribution in [0.1, 0.15) is 28.8 Å². The fourth-order valence-electron chi connectivity index (χ4n) is 3.33. The molecule has 2 aliphatic rings. The molecule has 3 atom stereocenters. The van der Waals surface area contributed by atoms with E-state index in [0.29, 0.717) is 23.6 Å². The van der Waals surface area contributed by atoms with Crippen molar-refractivity contribution in [2.24, 2.45) is 5.92 Å². The van der Waals surface area contributed by atoms with Gasteiger partial charge in [0.25, 0.3) is 0 Å². The molecule has 1 aliphatic carbocycles. The van der Waals surface area contributed by atoms with E-state index in [1.165, 1.54) is 10.4 Å². The van der Waals surface area contributed by atoms with Crippen LogP contribution in [0, 0.1) is 5.92 Å². The number of fused-ring (bicyclic) bond motifs is 3. The molecule has 2 aromatic rings. The van der Waals surface area contributed by atoms with Crippen molar-refractivity contribution in [2.75, 3.05) is 5.32 Å². The van der Waals surface area contributed by atoms with Crippen molar-refractivity contribution in [3.05, 3.63) is 58.3 Å². The maximum atomic E-state index is 9.71. The molecule has 0 radical (unpaired) electrons. The van der Waals surface area contributed by atoms with Crippen LogP contribution in [0.15, 0.2) is 47.9 Å². The quantitative estimate of drug-likeness (QED) is 0.598. The van der Waals surface area contributed by atoms with Gasteiger partial charge >= 0.3 is 0 Å². The minimum absolute atomic E-state index is 0.356. The van der Waals surface area contributed by atoms with Crippen molar-refractivity contribution >= 4 is 17.0 Å². The molecule has 96 valence electrons. The zero-order chi connectivity index (χ0) is 12.8. The summed E-state index contributed by atoms with van der Waals surface area (Å²) in [6.07, 6.45) is 5.68. The molecule has 0 saturated carbocycles. The average Bonchev–Trinajstić information content (AvgIpc) is 3.09. The summed E-state index contributed by atoms with van der Waals surface area (Å²) in [4.78, 5) is 1.40. The summed E-state index contributed by atoms with van der Waals surface area (Å²) in [5.74, 6) is 1.34. The molecule has 3 unspecified atom stereocenters. The Labute approximate surface area is 116 Å². The van der Waals surface area contributed by atoms with Crippen LogP contribution < -0.4 is 5.32 Å². The van der Waals surface area contributed by atoms with E-state index in [-0.39, 0.29) is 0 Å². The van der Waals surface area contributed by atoms with Gasteiger partial charge in [-0.2, -0.15) is 0 Å². The lowest BCUT2D eigenvalue weighted by Gasteiger charge is -2.36. The maximum Gasteiger partial charge on any atom is 0.116 e. The Morgan fingerprint density at radius 1 is 1.26 bits per heavy atom. The smallest absolute Gasteiger partial charge is 0.116 e. The van der Waals surface area contributed by atoms with Crippen molar-refractivity contribution in [1.29, 1.82) is 0 Å². The van der Waals surface area contributed by atoms with Crippen LogP contribution in [0.5, 0.6) is 5.75 Å². The summed E-state index contributed by atoms with van der Waals surface area (Å²) in [6.45, 7) is 0. The first kappa shape index (κ1) is 11.1.